The molecule has 4 nitrogen and oxygen atoms in total. The second-order valence-electron chi connectivity index (χ2n) is 8.74. The van der Waals surface area contributed by atoms with Crippen LogP contribution in [0.5, 0.6) is 0 Å². The van der Waals surface area contributed by atoms with E-state index in [1.54, 1.807) is 0 Å². The van der Waals surface area contributed by atoms with Crippen LogP contribution in [0.25, 0.3) is 0 Å². The zero-order valence-corrected chi connectivity index (χ0v) is 17.7. The van der Waals surface area contributed by atoms with Crippen molar-refractivity contribution in [1.29, 1.82) is 0 Å². The maximum absolute atomic E-state index is 11.1. The molecule has 0 heterocycles. The Morgan fingerprint density at radius 3 is 2.00 bits per heavy atom. The van der Waals surface area contributed by atoms with Gasteiger partial charge in [0, 0.05) is 17.7 Å². The molecule has 0 saturated carbocycles. The first-order valence-corrected chi connectivity index (χ1v) is 10.2. The monoisotopic (exact) mass is 394 g/mol. The van der Waals surface area contributed by atoms with Gasteiger partial charge >= 0.3 is 11.9 Å². The minimum Gasteiger partial charge on any atom is -0.481 e. The lowest BCUT2D eigenvalue weighted by atomic mass is 9.64. The molecule has 152 valence electrons. The maximum Gasteiger partial charge on any atom is 0.303 e. The van der Waals surface area contributed by atoms with Gasteiger partial charge < -0.3 is 10.2 Å². The van der Waals surface area contributed by atoms with E-state index >= 15 is 0 Å². The van der Waals surface area contributed by atoms with Crippen LogP contribution in [0, 0.1) is 5.41 Å². The van der Waals surface area contributed by atoms with E-state index in [0.29, 0.717) is 12.8 Å². The van der Waals surface area contributed by atoms with Crippen molar-refractivity contribution >= 4 is 24.6 Å². The molecular weight excluding hydrogens is 360 g/mol. The minimum absolute atomic E-state index is 0.0837. The van der Waals surface area contributed by atoms with Crippen molar-refractivity contribution in [2.24, 2.45) is 5.41 Å². The molecule has 1 aromatic rings. The van der Waals surface area contributed by atoms with Gasteiger partial charge in [-0.05, 0) is 54.6 Å². The van der Waals surface area contributed by atoms with Crippen LogP contribution in [0.1, 0.15) is 84.1 Å². The number of aliphatic carboxylic acids is 2. The largest absolute Gasteiger partial charge is 0.481 e. The summed E-state index contributed by atoms with van der Waals surface area (Å²) in [7, 11) is 0. The van der Waals surface area contributed by atoms with E-state index in [4.69, 9.17) is 22.8 Å². The van der Waals surface area contributed by atoms with Gasteiger partial charge in [0.05, 0.1) is 0 Å². The smallest absolute Gasteiger partial charge is 0.303 e. The van der Waals surface area contributed by atoms with Crippen LogP contribution in [0.4, 0.5) is 0 Å². The summed E-state index contributed by atoms with van der Waals surface area (Å²) in [6.45, 7) is 6.64. The highest BCUT2D eigenvalue weighted by atomic mass is 32.1. The van der Waals surface area contributed by atoms with Crippen LogP contribution in [-0.4, -0.2) is 22.2 Å². The fourth-order valence-electron chi connectivity index (χ4n) is 4.10. The summed E-state index contributed by atoms with van der Waals surface area (Å²) < 4.78 is 0. The predicted octanol–water partition coefficient (Wildman–Crippen LogP) is 5.94. The number of hydrogen-bond acceptors (Lipinski definition) is 3. The molecule has 1 unspecified atom stereocenters. The molecule has 0 aliphatic rings. The number of carbonyl (C=O) groups is 2. The van der Waals surface area contributed by atoms with Gasteiger partial charge in [-0.15, -0.1) is 12.6 Å². The minimum atomic E-state index is -0.764. The quantitative estimate of drug-likeness (QED) is 0.303. The van der Waals surface area contributed by atoms with Gasteiger partial charge in [0.2, 0.25) is 0 Å². The van der Waals surface area contributed by atoms with Gasteiger partial charge in [-0.1, -0.05) is 51.8 Å². The molecule has 0 aliphatic carbocycles. The fourth-order valence-corrected chi connectivity index (χ4v) is 4.50. The zero-order chi connectivity index (χ0) is 20.5. The Morgan fingerprint density at radius 2 is 1.44 bits per heavy atom. The number of thiol groups is 1. The van der Waals surface area contributed by atoms with E-state index in [9.17, 15) is 9.59 Å². The number of benzene rings is 1. The predicted molar refractivity (Wildman–Crippen MR) is 112 cm³/mol. The van der Waals surface area contributed by atoms with Crippen LogP contribution in [0.15, 0.2) is 29.2 Å². The molecule has 0 aliphatic heterocycles. The Hall–Kier alpha value is -1.49. The fraction of sp³-hybridized carbons (Fsp3) is 0.636. The molecule has 1 aromatic carbocycles. The van der Waals surface area contributed by atoms with E-state index < -0.39 is 11.9 Å². The van der Waals surface area contributed by atoms with Gasteiger partial charge in [0.1, 0.15) is 0 Å². The Labute approximate surface area is 168 Å². The Balaban J connectivity index is 3.08. The van der Waals surface area contributed by atoms with Gasteiger partial charge in [-0.2, -0.15) is 0 Å². The Morgan fingerprint density at radius 1 is 0.889 bits per heavy atom. The van der Waals surface area contributed by atoms with Crippen LogP contribution in [0.2, 0.25) is 0 Å². The molecule has 5 heteroatoms. The molecule has 0 radical (unpaired) electrons. The highest BCUT2D eigenvalue weighted by molar-refractivity contribution is 7.80. The van der Waals surface area contributed by atoms with Crippen molar-refractivity contribution < 1.29 is 19.8 Å². The highest BCUT2D eigenvalue weighted by Crippen LogP contribution is 2.46. The van der Waals surface area contributed by atoms with Gasteiger partial charge in [0.15, 0.2) is 0 Å². The van der Waals surface area contributed by atoms with Gasteiger partial charge in [0.25, 0.3) is 0 Å². The van der Waals surface area contributed by atoms with Crippen LogP contribution in [0.3, 0.4) is 0 Å². The molecule has 0 aromatic heterocycles. The first-order valence-electron chi connectivity index (χ1n) is 9.78. The van der Waals surface area contributed by atoms with Crippen molar-refractivity contribution in [3.8, 4) is 0 Å². The Bertz CT molecular complexity index is 621. The van der Waals surface area contributed by atoms with Crippen LogP contribution >= 0.6 is 12.6 Å². The topological polar surface area (TPSA) is 74.6 Å². The number of rotatable bonds is 12. The lowest BCUT2D eigenvalue weighted by Gasteiger charge is -2.41. The summed E-state index contributed by atoms with van der Waals surface area (Å²) in [6, 6.07) is 8.11. The standard InChI is InChI=1S/C22H34O4S/c1-21(2,3)16-22(15-9-13-20(25)26,14-8-4-5-12-19(23)24)17-10-6-7-11-18(17)27/h6-7,10-11,27H,4-5,8-9,12-16H2,1-3H3,(H,23,24)(H,25,26). The molecule has 27 heavy (non-hydrogen) atoms. The number of carboxylic acid groups (broad SMARTS) is 2. The third-order valence-corrected chi connectivity index (χ3v) is 5.33. The van der Waals surface area contributed by atoms with Crippen molar-refractivity contribution in [3.05, 3.63) is 29.8 Å². The highest BCUT2D eigenvalue weighted by Gasteiger charge is 2.36. The molecule has 0 spiro atoms. The van der Waals surface area contributed by atoms with E-state index in [2.05, 4.69) is 26.8 Å². The van der Waals surface area contributed by atoms with E-state index in [0.717, 1.165) is 37.0 Å². The maximum atomic E-state index is 11.1. The van der Waals surface area contributed by atoms with E-state index in [1.807, 2.05) is 18.2 Å². The molecular formula is C22H34O4S. The first-order chi connectivity index (χ1) is 12.6. The lowest BCUT2D eigenvalue weighted by Crippen LogP contribution is -2.32. The summed E-state index contributed by atoms with van der Waals surface area (Å²) >= 11 is 4.70. The summed E-state index contributed by atoms with van der Waals surface area (Å²) in [5.41, 5.74) is 1.13. The Kier molecular flexibility index (Phi) is 9.37. The second kappa shape index (κ2) is 10.7. The number of hydrogen-bond donors (Lipinski definition) is 3. The second-order valence-corrected chi connectivity index (χ2v) is 9.22. The molecule has 0 saturated heterocycles. The first kappa shape index (κ1) is 23.5. The molecule has 0 fully saturated rings. The van der Waals surface area contributed by atoms with E-state index in [-0.39, 0.29) is 23.7 Å². The van der Waals surface area contributed by atoms with Crippen LogP contribution < -0.4 is 0 Å². The van der Waals surface area contributed by atoms with Gasteiger partial charge in [-0.3, -0.25) is 9.59 Å². The third-order valence-electron chi connectivity index (χ3n) is 4.94. The SMILES string of the molecule is CC(C)(C)CC(CCCCCC(=O)O)(CCCC(=O)O)c1ccccc1S. The zero-order valence-electron chi connectivity index (χ0n) is 16.8. The average molecular weight is 395 g/mol. The van der Waals surface area contributed by atoms with Crippen LogP contribution in [-0.2, 0) is 15.0 Å². The number of unbranched alkanes of at least 4 members (excludes halogenated alkanes) is 2. The van der Waals surface area contributed by atoms with Crippen molar-refractivity contribution in [3.63, 3.8) is 0 Å². The number of carboxylic acids is 2. The molecule has 0 bridgehead atoms. The average Bonchev–Trinajstić information content (AvgIpc) is 2.52. The van der Waals surface area contributed by atoms with Crippen molar-refractivity contribution in [2.75, 3.05) is 0 Å². The van der Waals surface area contributed by atoms with Gasteiger partial charge in [-0.25, -0.2) is 0 Å². The molecule has 1 atom stereocenters. The summed E-state index contributed by atoms with van der Waals surface area (Å²) in [5, 5.41) is 17.9. The normalized spacial score (nSPS) is 13.9. The van der Waals surface area contributed by atoms with Crippen molar-refractivity contribution in [1.82, 2.24) is 0 Å². The molecule has 1 rings (SSSR count). The third kappa shape index (κ3) is 8.83. The summed E-state index contributed by atoms with van der Waals surface area (Å²) in [5.74, 6) is -1.52. The molecule has 0 amide bonds. The molecule has 2 N–H and O–H groups in total. The summed E-state index contributed by atoms with van der Waals surface area (Å²) in [4.78, 5) is 22.8. The lowest BCUT2D eigenvalue weighted by molar-refractivity contribution is -0.138. The van der Waals surface area contributed by atoms with E-state index in [1.165, 1.54) is 5.56 Å². The summed E-state index contributed by atoms with van der Waals surface area (Å²) in [6.07, 6.45) is 6.13. The van der Waals surface area contributed by atoms with Crippen molar-refractivity contribution in [2.45, 2.75) is 88.9 Å².